The number of anilines is 1. The largest absolute Gasteiger partial charge is 0.353 e. The van der Waals surface area contributed by atoms with Crippen molar-refractivity contribution >= 4 is 33.0 Å². The lowest BCUT2D eigenvalue weighted by atomic mass is 9.95. The summed E-state index contributed by atoms with van der Waals surface area (Å²) in [6.07, 6.45) is 6.07. The first kappa shape index (κ1) is 17.9. The Kier molecular flexibility index (Phi) is 5.75. The highest BCUT2D eigenvalue weighted by atomic mass is 32.2. The molecule has 1 amide bonds. The normalized spacial score (nSPS) is 15.7. The van der Waals surface area contributed by atoms with Gasteiger partial charge in [0.1, 0.15) is 4.21 Å². The molecule has 1 fully saturated rings. The molecular formula is C18H22N2O3S2. The van der Waals surface area contributed by atoms with Crippen LogP contribution in [0.3, 0.4) is 0 Å². The molecule has 0 radical (unpaired) electrons. The van der Waals surface area contributed by atoms with E-state index >= 15 is 0 Å². The zero-order valence-electron chi connectivity index (χ0n) is 13.9. The Hall–Kier alpha value is -1.86. The van der Waals surface area contributed by atoms with Gasteiger partial charge in [-0.3, -0.25) is 9.52 Å². The molecule has 0 bridgehead atoms. The third-order valence-electron chi connectivity index (χ3n) is 4.30. The molecule has 1 heterocycles. The predicted octanol–water partition coefficient (Wildman–Crippen LogP) is 3.54. The van der Waals surface area contributed by atoms with E-state index < -0.39 is 10.0 Å². The van der Waals surface area contributed by atoms with Crippen LogP contribution in [-0.4, -0.2) is 20.4 Å². The second-order valence-electron chi connectivity index (χ2n) is 6.31. The molecule has 25 heavy (non-hydrogen) atoms. The summed E-state index contributed by atoms with van der Waals surface area (Å²) < 4.78 is 27.2. The first-order valence-electron chi connectivity index (χ1n) is 8.47. The number of hydrogen-bond acceptors (Lipinski definition) is 4. The van der Waals surface area contributed by atoms with Crippen molar-refractivity contribution in [2.45, 2.75) is 48.8 Å². The first-order valence-corrected chi connectivity index (χ1v) is 10.8. The number of thiophene rings is 1. The van der Waals surface area contributed by atoms with Crippen molar-refractivity contribution in [1.29, 1.82) is 0 Å². The van der Waals surface area contributed by atoms with Gasteiger partial charge in [-0.25, -0.2) is 8.42 Å². The molecule has 134 valence electrons. The number of nitrogens with one attached hydrogen (secondary N) is 2. The van der Waals surface area contributed by atoms with Crippen molar-refractivity contribution in [3.63, 3.8) is 0 Å². The van der Waals surface area contributed by atoms with Gasteiger partial charge < -0.3 is 5.32 Å². The molecule has 0 spiro atoms. The van der Waals surface area contributed by atoms with E-state index in [1.165, 1.54) is 30.6 Å². The van der Waals surface area contributed by atoms with Crippen molar-refractivity contribution in [1.82, 2.24) is 5.32 Å². The highest BCUT2D eigenvalue weighted by Gasteiger charge is 2.17. The second-order valence-corrected chi connectivity index (χ2v) is 9.17. The molecule has 2 aromatic rings. The number of rotatable bonds is 6. The van der Waals surface area contributed by atoms with E-state index in [0.717, 1.165) is 18.4 Å². The van der Waals surface area contributed by atoms with Gasteiger partial charge in [-0.15, -0.1) is 11.3 Å². The molecule has 1 saturated carbocycles. The summed E-state index contributed by atoms with van der Waals surface area (Å²) in [7, 11) is -3.54. The van der Waals surface area contributed by atoms with Crippen LogP contribution in [0, 0.1) is 0 Å². The van der Waals surface area contributed by atoms with Gasteiger partial charge in [0.25, 0.3) is 10.0 Å². The van der Waals surface area contributed by atoms with Gasteiger partial charge in [-0.2, -0.15) is 0 Å². The molecule has 2 N–H and O–H groups in total. The Labute approximate surface area is 152 Å². The van der Waals surface area contributed by atoms with Crippen molar-refractivity contribution in [3.05, 3.63) is 47.3 Å². The Bertz CT molecular complexity index is 793. The van der Waals surface area contributed by atoms with Crippen LogP contribution in [0.15, 0.2) is 46.0 Å². The van der Waals surface area contributed by atoms with Crippen LogP contribution >= 0.6 is 11.3 Å². The van der Waals surface area contributed by atoms with Gasteiger partial charge in [0.15, 0.2) is 0 Å². The van der Waals surface area contributed by atoms with Crippen molar-refractivity contribution in [2.75, 3.05) is 4.72 Å². The number of benzene rings is 1. The van der Waals surface area contributed by atoms with Crippen LogP contribution in [0.25, 0.3) is 0 Å². The minimum Gasteiger partial charge on any atom is -0.353 e. The third kappa shape index (κ3) is 5.06. The molecule has 0 aliphatic heterocycles. The number of hydrogen-bond donors (Lipinski definition) is 2. The van der Waals surface area contributed by atoms with Crippen LogP contribution in [0.4, 0.5) is 5.69 Å². The fourth-order valence-corrected chi connectivity index (χ4v) is 5.07. The second kappa shape index (κ2) is 8.01. The van der Waals surface area contributed by atoms with Crippen molar-refractivity contribution < 1.29 is 13.2 Å². The summed E-state index contributed by atoms with van der Waals surface area (Å²) in [5, 5.41) is 4.81. The Morgan fingerprint density at radius 3 is 2.44 bits per heavy atom. The summed E-state index contributed by atoms with van der Waals surface area (Å²) in [4.78, 5) is 12.1. The zero-order chi connectivity index (χ0) is 17.7. The van der Waals surface area contributed by atoms with E-state index in [0.29, 0.717) is 18.2 Å². The van der Waals surface area contributed by atoms with E-state index in [9.17, 15) is 13.2 Å². The summed E-state index contributed by atoms with van der Waals surface area (Å²) in [6.45, 7) is 0. The third-order valence-corrected chi connectivity index (χ3v) is 7.08. The molecular weight excluding hydrogens is 356 g/mol. The number of sulfonamides is 1. The average molecular weight is 379 g/mol. The fourth-order valence-electron chi connectivity index (χ4n) is 3.02. The lowest BCUT2D eigenvalue weighted by Crippen LogP contribution is -2.37. The van der Waals surface area contributed by atoms with E-state index in [1.807, 2.05) is 0 Å². The Morgan fingerprint density at radius 1 is 1.08 bits per heavy atom. The maximum absolute atomic E-state index is 12.2. The van der Waals surface area contributed by atoms with Crippen molar-refractivity contribution in [2.24, 2.45) is 0 Å². The highest BCUT2D eigenvalue weighted by molar-refractivity contribution is 7.94. The van der Waals surface area contributed by atoms with Gasteiger partial charge in [-0.05, 0) is 42.0 Å². The van der Waals surface area contributed by atoms with Gasteiger partial charge >= 0.3 is 0 Å². The molecule has 7 heteroatoms. The Balaban J connectivity index is 1.56. The molecule has 1 aliphatic rings. The SMILES string of the molecule is O=C(Cc1ccc(NS(=O)(=O)c2cccs2)cc1)NC1CCCCC1. The topological polar surface area (TPSA) is 75.3 Å². The highest BCUT2D eigenvalue weighted by Crippen LogP contribution is 2.21. The summed E-state index contributed by atoms with van der Waals surface area (Å²) in [6, 6.07) is 10.5. The lowest BCUT2D eigenvalue weighted by molar-refractivity contribution is -0.121. The van der Waals surface area contributed by atoms with E-state index in [2.05, 4.69) is 10.0 Å². The predicted molar refractivity (Wildman–Crippen MR) is 100 cm³/mol. The molecule has 0 atom stereocenters. The van der Waals surface area contributed by atoms with E-state index in [1.54, 1.807) is 41.8 Å². The number of carbonyl (C=O) groups excluding carboxylic acids is 1. The molecule has 1 aromatic carbocycles. The van der Waals surface area contributed by atoms with Crippen molar-refractivity contribution in [3.8, 4) is 0 Å². The van der Waals surface area contributed by atoms with Gasteiger partial charge in [-0.1, -0.05) is 37.5 Å². The summed E-state index contributed by atoms with van der Waals surface area (Å²) >= 11 is 1.17. The minimum atomic E-state index is -3.54. The van der Waals surface area contributed by atoms with Crippen LogP contribution < -0.4 is 10.0 Å². The number of amides is 1. The molecule has 1 aromatic heterocycles. The van der Waals surface area contributed by atoms with Crippen LogP contribution in [0.1, 0.15) is 37.7 Å². The zero-order valence-corrected chi connectivity index (χ0v) is 15.5. The summed E-state index contributed by atoms with van der Waals surface area (Å²) in [5.41, 5.74) is 1.36. The van der Waals surface area contributed by atoms with Crippen LogP contribution in [-0.2, 0) is 21.2 Å². The standard InChI is InChI=1S/C18H22N2O3S2/c21-17(19-15-5-2-1-3-6-15)13-14-8-10-16(11-9-14)20-25(22,23)18-7-4-12-24-18/h4,7-12,15,20H,1-3,5-6,13H2,(H,19,21). The van der Waals surface area contributed by atoms with Crippen LogP contribution in [0.2, 0.25) is 0 Å². The Morgan fingerprint density at radius 2 is 1.80 bits per heavy atom. The maximum atomic E-state index is 12.2. The molecule has 0 unspecified atom stereocenters. The smallest absolute Gasteiger partial charge is 0.271 e. The minimum absolute atomic E-state index is 0.0267. The van der Waals surface area contributed by atoms with Gasteiger partial charge in [0, 0.05) is 11.7 Å². The quantitative estimate of drug-likeness (QED) is 0.807. The molecule has 5 nitrogen and oxygen atoms in total. The number of carbonyl (C=O) groups is 1. The molecule has 3 rings (SSSR count). The first-order chi connectivity index (χ1) is 12.0. The molecule has 1 aliphatic carbocycles. The van der Waals surface area contributed by atoms with Gasteiger partial charge in [0.05, 0.1) is 6.42 Å². The fraction of sp³-hybridized carbons (Fsp3) is 0.389. The lowest BCUT2D eigenvalue weighted by Gasteiger charge is -2.22. The average Bonchev–Trinajstić information content (AvgIpc) is 3.13. The van der Waals surface area contributed by atoms with Crippen LogP contribution in [0.5, 0.6) is 0 Å². The van der Waals surface area contributed by atoms with Gasteiger partial charge in [0.2, 0.25) is 5.91 Å². The van der Waals surface area contributed by atoms with E-state index in [-0.39, 0.29) is 10.1 Å². The summed E-state index contributed by atoms with van der Waals surface area (Å²) in [5.74, 6) is 0.0267. The maximum Gasteiger partial charge on any atom is 0.271 e. The van der Waals surface area contributed by atoms with E-state index in [4.69, 9.17) is 0 Å². The monoisotopic (exact) mass is 378 g/mol. The molecule has 0 saturated heterocycles.